The van der Waals surface area contributed by atoms with Gasteiger partial charge in [-0.15, -0.1) is 0 Å². The van der Waals surface area contributed by atoms with Crippen LogP contribution in [0, 0.1) is 0 Å². The van der Waals surface area contributed by atoms with Gasteiger partial charge in [0.1, 0.15) is 5.75 Å². The van der Waals surface area contributed by atoms with E-state index in [1.165, 1.54) is 11.3 Å². The molecule has 0 bridgehead atoms. The van der Waals surface area contributed by atoms with Gasteiger partial charge in [-0.1, -0.05) is 11.3 Å². The van der Waals surface area contributed by atoms with Crippen molar-refractivity contribution in [2.45, 2.75) is 0 Å². The number of hydrogen-bond donors (Lipinski definition) is 1. The van der Waals surface area contributed by atoms with Crippen molar-refractivity contribution in [3.63, 3.8) is 0 Å². The van der Waals surface area contributed by atoms with Gasteiger partial charge < -0.3 is 10.5 Å². The molecule has 2 N–H and O–H groups in total. The summed E-state index contributed by atoms with van der Waals surface area (Å²) >= 11 is 1.48. The number of thiazole rings is 1. The van der Waals surface area contributed by atoms with E-state index in [9.17, 15) is 0 Å². The first-order valence-corrected chi connectivity index (χ1v) is 6.90. The van der Waals surface area contributed by atoms with E-state index in [1.54, 1.807) is 19.5 Å². The highest BCUT2D eigenvalue weighted by Crippen LogP contribution is 2.38. The zero-order valence-corrected chi connectivity index (χ0v) is 11.7. The van der Waals surface area contributed by atoms with Crippen LogP contribution >= 0.6 is 11.3 Å². The standard InChI is InChI=1S/C15H13N3OS/c1-19-12-4-2-11(3-5-12)14-13(18-15(16)20-14)10-6-8-17-9-7-10/h2-9H,1H3,(H2,16,18). The molecule has 3 aromatic rings. The maximum absolute atomic E-state index is 5.88. The lowest BCUT2D eigenvalue weighted by molar-refractivity contribution is 0.415. The SMILES string of the molecule is COc1ccc(-c2sc(N)nc2-c2ccncc2)cc1. The Morgan fingerprint density at radius 1 is 1.00 bits per heavy atom. The van der Waals surface area contributed by atoms with Crippen LogP contribution in [0.2, 0.25) is 0 Å². The molecule has 0 saturated carbocycles. The van der Waals surface area contributed by atoms with Crippen LogP contribution in [-0.2, 0) is 0 Å². The Hall–Kier alpha value is -2.40. The van der Waals surface area contributed by atoms with E-state index < -0.39 is 0 Å². The second-order valence-corrected chi connectivity index (χ2v) is 5.22. The molecule has 100 valence electrons. The minimum Gasteiger partial charge on any atom is -0.497 e. The Labute approximate surface area is 120 Å². The summed E-state index contributed by atoms with van der Waals surface area (Å²) in [6.07, 6.45) is 3.51. The zero-order valence-electron chi connectivity index (χ0n) is 10.9. The van der Waals surface area contributed by atoms with E-state index in [-0.39, 0.29) is 0 Å². The van der Waals surface area contributed by atoms with Gasteiger partial charge in [0.15, 0.2) is 5.13 Å². The van der Waals surface area contributed by atoms with Gasteiger partial charge in [0, 0.05) is 18.0 Å². The van der Waals surface area contributed by atoms with Crippen LogP contribution in [0.15, 0.2) is 48.8 Å². The van der Waals surface area contributed by atoms with Gasteiger partial charge in [0.2, 0.25) is 0 Å². The van der Waals surface area contributed by atoms with Crippen molar-refractivity contribution in [1.82, 2.24) is 9.97 Å². The second-order valence-electron chi connectivity index (χ2n) is 4.19. The molecule has 4 nitrogen and oxygen atoms in total. The molecule has 0 amide bonds. The van der Waals surface area contributed by atoms with Crippen molar-refractivity contribution in [1.29, 1.82) is 0 Å². The van der Waals surface area contributed by atoms with E-state index in [1.807, 2.05) is 36.4 Å². The fraction of sp³-hybridized carbons (Fsp3) is 0.0667. The molecule has 0 aliphatic rings. The third-order valence-corrected chi connectivity index (χ3v) is 3.88. The summed E-state index contributed by atoms with van der Waals surface area (Å²) in [6, 6.07) is 11.7. The molecule has 20 heavy (non-hydrogen) atoms. The molecule has 3 rings (SSSR count). The number of hydrogen-bond acceptors (Lipinski definition) is 5. The van der Waals surface area contributed by atoms with E-state index >= 15 is 0 Å². The van der Waals surface area contributed by atoms with Gasteiger partial charge in [0.05, 0.1) is 17.7 Å². The molecular formula is C15H13N3OS. The van der Waals surface area contributed by atoms with Gasteiger partial charge in [-0.25, -0.2) is 4.98 Å². The van der Waals surface area contributed by atoms with E-state index in [2.05, 4.69) is 9.97 Å². The number of benzene rings is 1. The van der Waals surface area contributed by atoms with Crippen LogP contribution in [0.4, 0.5) is 5.13 Å². The van der Waals surface area contributed by atoms with Crippen LogP contribution in [0.3, 0.4) is 0 Å². The summed E-state index contributed by atoms with van der Waals surface area (Å²) < 4.78 is 5.18. The van der Waals surface area contributed by atoms with Crippen LogP contribution in [0.25, 0.3) is 21.7 Å². The average Bonchev–Trinajstić information content (AvgIpc) is 2.90. The number of rotatable bonds is 3. The van der Waals surface area contributed by atoms with E-state index in [0.29, 0.717) is 5.13 Å². The van der Waals surface area contributed by atoms with Gasteiger partial charge in [-0.3, -0.25) is 4.98 Å². The number of methoxy groups -OCH3 is 1. The summed E-state index contributed by atoms with van der Waals surface area (Å²) in [5.74, 6) is 0.830. The Kier molecular flexibility index (Phi) is 3.35. The summed E-state index contributed by atoms with van der Waals surface area (Å²) in [5.41, 5.74) is 8.85. The van der Waals surface area contributed by atoms with Crippen molar-refractivity contribution >= 4 is 16.5 Å². The largest absolute Gasteiger partial charge is 0.497 e. The summed E-state index contributed by atoms with van der Waals surface area (Å²) in [4.78, 5) is 9.52. The Bertz CT molecular complexity index is 708. The number of nitrogen functional groups attached to an aromatic ring is 1. The lowest BCUT2D eigenvalue weighted by atomic mass is 10.1. The Morgan fingerprint density at radius 2 is 1.70 bits per heavy atom. The Morgan fingerprint density at radius 3 is 2.35 bits per heavy atom. The average molecular weight is 283 g/mol. The molecule has 0 aliphatic carbocycles. The third kappa shape index (κ3) is 2.35. The summed E-state index contributed by atoms with van der Waals surface area (Å²) in [5, 5.41) is 0.558. The minimum atomic E-state index is 0.558. The highest BCUT2D eigenvalue weighted by molar-refractivity contribution is 7.19. The molecular weight excluding hydrogens is 270 g/mol. The number of aromatic nitrogens is 2. The molecule has 2 heterocycles. The van der Waals surface area contributed by atoms with Crippen molar-refractivity contribution in [2.75, 3.05) is 12.8 Å². The highest BCUT2D eigenvalue weighted by Gasteiger charge is 2.13. The number of ether oxygens (including phenoxy) is 1. The van der Waals surface area contributed by atoms with E-state index in [4.69, 9.17) is 10.5 Å². The van der Waals surface area contributed by atoms with Gasteiger partial charge in [-0.05, 0) is 42.0 Å². The van der Waals surface area contributed by atoms with Crippen LogP contribution in [-0.4, -0.2) is 17.1 Å². The summed E-state index contributed by atoms with van der Waals surface area (Å²) in [6.45, 7) is 0. The smallest absolute Gasteiger partial charge is 0.181 e. The zero-order chi connectivity index (χ0) is 13.9. The fourth-order valence-electron chi connectivity index (χ4n) is 1.98. The van der Waals surface area contributed by atoms with Gasteiger partial charge in [0.25, 0.3) is 0 Å². The number of anilines is 1. The molecule has 1 aromatic carbocycles. The predicted molar refractivity (Wildman–Crippen MR) is 81.7 cm³/mol. The third-order valence-electron chi connectivity index (χ3n) is 2.95. The highest BCUT2D eigenvalue weighted by atomic mass is 32.1. The fourth-order valence-corrected chi connectivity index (χ4v) is 2.84. The first-order valence-electron chi connectivity index (χ1n) is 6.09. The summed E-state index contributed by atoms with van der Waals surface area (Å²) in [7, 11) is 1.65. The Balaban J connectivity index is 2.09. The second kappa shape index (κ2) is 5.30. The van der Waals surface area contributed by atoms with Gasteiger partial charge in [-0.2, -0.15) is 0 Å². The van der Waals surface area contributed by atoms with Crippen LogP contribution in [0.5, 0.6) is 5.75 Å². The lowest BCUT2D eigenvalue weighted by Crippen LogP contribution is -1.85. The predicted octanol–water partition coefficient (Wildman–Crippen LogP) is 3.46. The first-order chi connectivity index (χ1) is 9.78. The van der Waals surface area contributed by atoms with Gasteiger partial charge >= 0.3 is 0 Å². The number of pyridine rings is 1. The molecule has 0 radical (unpaired) electrons. The molecule has 5 heteroatoms. The topological polar surface area (TPSA) is 61.0 Å². The monoisotopic (exact) mass is 283 g/mol. The van der Waals surface area contributed by atoms with Crippen molar-refractivity contribution in [3.05, 3.63) is 48.8 Å². The minimum absolute atomic E-state index is 0.558. The number of nitrogens with two attached hydrogens (primary N) is 1. The molecule has 0 fully saturated rings. The molecule has 0 spiro atoms. The lowest BCUT2D eigenvalue weighted by Gasteiger charge is -2.04. The van der Waals surface area contributed by atoms with Crippen molar-refractivity contribution < 1.29 is 4.74 Å². The maximum Gasteiger partial charge on any atom is 0.181 e. The first kappa shape index (κ1) is 12.6. The number of nitrogens with zero attached hydrogens (tertiary/aromatic N) is 2. The maximum atomic E-state index is 5.88. The van der Waals surface area contributed by atoms with E-state index in [0.717, 1.165) is 27.4 Å². The molecule has 0 atom stereocenters. The molecule has 0 unspecified atom stereocenters. The molecule has 2 aromatic heterocycles. The quantitative estimate of drug-likeness (QED) is 0.799. The molecule has 0 saturated heterocycles. The normalized spacial score (nSPS) is 10.4. The van der Waals surface area contributed by atoms with Crippen molar-refractivity contribution in [3.8, 4) is 27.4 Å². The van der Waals surface area contributed by atoms with Crippen LogP contribution in [0.1, 0.15) is 0 Å². The van der Waals surface area contributed by atoms with Crippen LogP contribution < -0.4 is 10.5 Å². The van der Waals surface area contributed by atoms with Crippen molar-refractivity contribution in [2.24, 2.45) is 0 Å². The molecule has 0 aliphatic heterocycles.